The summed E-state index contributed by atoms with van der Waals surface area (Å²) in [5, 5.41) is 10.3. The Balaban J connectivity index is 2.16. The summed E-state index contributed by atoms with van der Waals surface area (Å²) < 4.78 is 58.7. The number of hydrogen-bond acceptors (Lipinski definition) is 7. The van der Waals surface area contributed by atoms with Crippen LogP contribution in [0.15, 0.2) is 22.6 Å². The van der Waals surface area contributed by atoms with Crippen LogP contribution in [0.25, 0.3) is 11.3 Å². The van der Waals surface area contributed by atoms with Crippen LogP contribution in [0, 0.1) is 11.6 Å². The smallest absolute Gasteiger partial charge is 0.308 e. The van der Waals surface area contributed by atoms with Gasteiger partial charge in [0.05, 0.1) is 11.3 Å². The highest BCUT2D eigenvalue weighted by Gasteiger charge is 2.37. The van der Waals surface area contributed by atoms with Gasteiger partial charge in [-0.2, -0.15) is 0 Å². The number of esters is 1. The van der Waals surface area contributed by atoms with Crippen molar-refractivity contribution in [2.24, 2.45) is 0 Å². The van der Waals surface area contributed by atoms with Crippen molar-refractivity contribution < 1.29 is 36.9 Å². The van der Waals surface area contributed by atoms with Gasteiger partial charge >= 0.3 is 5.97 Å². The number of hydrogen-bond donors (Lipinski definition) is 3. The van der Waals surface area contributed by atoms with Gasteiger partial charge in [0.25, 0.3) is 5.88 Å². The van der Waals surface area contributed by atoms with E-state index in [1.807, 2.05) is 0 Å². The van der Waals surface area contributed by atoms with Crippen molar-refractivity contribution >= 4 is 22.6 Å². The molecular formula is C15H15F2NO6S. The summed E-state index contributed by atoms with van der Waals surface area (Å²) in [6.07, 6.45) is 0.434. The summed E-state index contributed by atoms with van der Waals surface area (Å²) in [5.74, 6) is -4.40. The highest BCUT2D eigenvalue weighted by Crippen LogP contribution is 2.57. The molecule has 2 aromatic rings. The van der Waals surface area contributed by atoms with Crippen molar-refractivity contribution in [3.8, 4) is 22.8 Å². The minimum Gasteiger partial charge on any atom is -0.502 e. The first kappa shape index (κ1) is 17.5. The topological polar surface area (TPSA) is 103 Å². The van der Waals surface area contributed by atoms with Crippen LogP contribution < -0.4 is 9.04 Å². The summed E-state index contributed by atoms with van der Waals surface area (Å²) in [7, 11) is -3.22. The van der Waals surface area contributed by atoms with Crippen molar-refractivity contribution in [2.45, 2.75) is 13.3 Å². The van der Waals surface area contributed by atoms with Crippen LogP contribution in [0.1, 0.15) is 13.3 Å². The third-order valence-corrected chi connectivity index (χ3v) is 5.49. The molecule has 0 atom stereocenters. The predicted molar refractivity (Wildman–Crippen MR) is 86.7 cm³/mol. The first-order valence-corrected chi connectivity index (χ1v) is 8.91. The number of furan rings is 1. The Morgan fingerprint density at radius 3 is 2.64 bits per heavy atom. The van der Waals surface area contributed by atoms with Crippen LogP contribution in [0.3, 0.4) is 0 Å². The van der Waals surface area contributed by atoms with Gasteiger partial charge in [0.1, 0.15) is 11.6 Å². The Kier molecular flexibility index (Phi) is 4.35. The zero-order valence-corrected chi connectivity index (χ0v) is 13.8. The van der Waals surface area contributed by atoms with Crippen LogP contribution in [-0.2, 0) is 4.79 Å². The van der Waals surface area contributed by atoms with E-state index >= 15 is 0 Å². The van der Waals surface area contributed by atoms with Crippen molar-refractivity contribution in [2.75, 3.05) is 16.6 Å². The quantitative estimate of drug-likeness (QED) is 0.702. The molecule has 3 N–H and O–H groups in total. The second-order valence-corrected chi connectivity index (χ2v) is 7.54. The average molecular weight is 375 g/mol. The summed E-state index contributed by atoms with van der Waals surface area (Å²) >= 11 is 0. The van der Waals surface area contributed by atoms with Gasteiger partial charge in [0.15, 0.2) is 5.76 Å². The molecule has 136 valence electrons. The molecule has 0 amide bonds. The Morgan fingerprint density at radius 1 is 1.36 bits per heavy atom. The molecule has 0 saturated carbocycles. The van der Waals surface area contributed by atoms with Gasteiger partial charge in [-0.15, -0.1) is 10.8 Å². The van der Waals surface area contributed by atoms with Crippen LogP contribution in [0.4, 0.5) is 14.7 Å². The summed E-state index contributed by atoms with van der Waals surface area (Å²) in [4.78, 5) is 11.3. The monoisotopic (exact) mass is 375 g/mol. The number of benzene rings is 1. The standard InChI is InChI=1S/C15H15F2NO6S/c1-8(19)23-14-12(20)13(10-4-3-9(16)7-11(10)17)24-15(14)18-5-2-6-25(18,21)22/h3-4,7,20-22H,2,5-6H2,1H3. The molecule has 1 aliphatic rings. The van der Waals surface area contributed by atoms with E-state index < -0.39 is 45.6 Å². The fraction of sp³-hybridized carbons (Fsp3) is 0.267. The normalized spacial score (nSPS) is 17.6. The number of ether oxygens (including phenoxy) is 1. The van der Waals surface area contributed by atoms with Crippen molar-refractivity contribution in [3.63, 3.8) is 0 Å². The Morgan fingerprint density at radius 2 is 2.08 bits per heavy atom. The average Bonchev–Trinajstić information content (AvgIpc) is 3.00. The summed E-state index contributed by atoms with van der Waals surface area (Å²) in [6, 6.07) is 2.62. The van der Waals surface area contributed by atoms with Gasteiger partial charge < -0.3 is 14.3 Å². The molecule has 3 rings (SSSR count). The Labute approximate surface area is 142 Å². The maximum atomic E-state index is 14.0. The number of halogens is 2. The Bertz CT molecular complexity index is 838. The molecule has 1 fully saturated rings. The van der Waals surface area contributed by atoms with E-state index in [1.54, 1.807) is 0 Å². The number of carbonyl (C=O) groups is 1. The van der Waals surface area contributed by atoms with Crippen molar-refractivity contribution in [1.29, 1.82) is 0 Å². The number of carbonyl (C=O) groups excluding carboxylic acids is 1. The maximum absolute atomic E-state index is 14.0. The largest absolute Gasteiger partial charge is 0.502 e. The van der Waals surface area contributed by atoms with E-state index in [0.717, 1.165) is 23.4 Å². The number of nitrogens with zero attached hydrogens (tertiary/aromatic N) is 1. The SMILES string of the molecule is CC(=O)Oc1c(N2CCCS2(O)O)oc(-c2ccc(F)cc2F)c1O. The van der Waals surface area contributed by atoms with Gasteiger partial charge in [-0.25, -0.2) is 13.1 Å². The lowest BCUT2D eigenvalue weighted by molar-refractivity contribution is -0.132. The lowest BCUT2D eigenvalue weighted by atomic mass is 10.1. The molecule has 10 heteroatoms. The number of aromatic hydroxyl groups is 1. The molecule has 1 saturated heterocycles. The van der Waals surface area contributed by atoms with Crippen LogP contribution >= 0.6 is 10.8 Å². The van der Waals surface area contributed by atoms with Gasteiger partial charge in [0, 0.05) is 19.5 Å². The van der Waals surface area contributed by atoms with Gasteiger partial charge in [-0.1, -0.05) is 0 Å². The molecular weight excluding hydrogens is 360 g/mol. The fourth-order valence-corrected chi connectivity index (χ4v) is 4.09. The fourth-order valence-electron chi connectivity index (χ4n) is 2.54. The summed E-state index contributed by atoms with van der Waals surface area (Å²) in [6.45, 7) is 1.26. The molecule has 1 aliphatic heterocycles. The molecule has 7 nitrogen and oxygen atoms in total. The molecule has 0 radical (unpaired) electrons. The number of rotatable bonds is 3. The molecule has 0 spiro atoms. The van der Waals surface area contributed by atoms with Crippen LogP contribution in [0.5, 0.6) is 11.5 Å². The first-order chi connectivity index (χ1) is 11.7. The second-order valence-electron chi connectivity index (χ2n) is 5.42. The molecule has 0 unspecified atom stereocenters. The molecule has 0 aliphatic carbocycles. The van der Waals surface area contributed by atoms with E-state index in [2.05, 4.69) is 0 Å². The highest BCUT2D eigenvalue weighted by molar-refractivity contribution is 8.25. The van der Waals surface area contributed by atoms with E-state index in [9.17, 15) is 27.8 Å². The molecule has 1 aromatic carbocycles. The minimum absolute atomic E-state index is 0.0776. The molecule has 2 heterocycles. The van der Waals surface area contributed by atoms with Crippen LogP contribution in [-0.4, -0.2) is 32.5 Å². The van der Waals surface area contributed by atoms with Gasteiger partial charge in [0.2, 0.25) is 11.5 Å². The Hall–Kier alpha value is -2.30. The first-order valence-electron chi connectivity index (χ1n) is 7.24. The van der Waals surface area contributed by atoms with Gasteiger partial charge in [-0.05, 0) is 18.6 Å². The second kappa shape index (κ2) is 6.21. The maximum Gasteiger partial charge on any atom is 0.308 e. The summed E-state index contributed by atoms with van der Waals surface area (Å²) in [5.41, 5.74) is -0.269. The van der Waals surface area contributed by atoms with E-state index in [1.165, 1.54) is 0 Å². The van der Waals surface area contributed by atoms with Crippen molar-refractivity contribution in [1.82, 2.24) is 0 Å². The minimum atomic E-state index is -3.22. The van der Waals surface area contributed by atoms with Gasteiger partial charge in [-0.3, -0.25) is 13.9 Å². The zero-order chi connectivity index (χ0) is 18.4. The van der Waals surface area contributed by atoms with E-state index in [-0.39, 0.29) is 23.7 Å². The van der Waals surface area contributed by atoms with E-state index in [4.69, 9.17) is 9.15 Å². The third kappa shape index (κ3) is 3.15. The molecule has 0 bridgehead atoms. The van der Waals surface area contributed by atoms with Crippen molar-refractivity contribution in [3.05, 3.63) is 29.8 Å². The predicted octanol–water partition coefficient (Wildman–Crippen LogP) is 3.73. The molecule has 25 heavy (non-hydrogen) atoms. The lowest BCUT2D eigenvalue weighted by Crippen LogP contribution is -2.22. The van der Waals surface area contributed by atoms with Crippen LogP contribution in [0.2, 0.25) is 0 Å². The third-order valence-electron chi connectivity index (χ3n) is 3.60. The lowest BCUT2D eigenvalue weighted by Gasteiger charge is -2.36. The number of anilines is 1. The molecule has 1 aromatic heterocycles. The highest BCUT2D eigenvalue weighted by atomic mass is 32.3. The zero-order valence-electron chi connectivity index (χ0n) is 13.0. The van der Waals surface area contributed by atoms with E-state index in [0.29, 0.717) is 12.5 Å².